The second-order valence-corrected chi connectivity index (χ2v) is 5.74. The molecule has 1 unspecified atom stereocenters. The van der Waals surface area contributed by atoms with Crippen molar-refractivity contribution in [2.24, 2.45) is 0 Å². The number of hydrogen-bond donors (Lipinski definition) is 1. The quantitative estimate of drug-likeness (QED) is 0.636. The van der Waals surface area contributed by atoms with Gasteiger partial charge in [0.15, 0.2) is 0 Å². The van der Waals surface area contributed by atoms with E-state index in [1.54, 1.807) is 0 Å². The molecule has 0 amide bonds. The zero-order chi connectivity index (χ0) is 14.9. The highest BCUT2D eigenvalue weighted by molar-refractivity contribution is 5.81. The molecular weight excluding hydrogens is 256 g/mol. The summed E-state index contributed by atoms with van der Waals surface area (Å²) in [6.45, 7) is 5.45. The van der Waals surface area contributed by atoms with E-state index < -0.39 is 0 Å². The summed E-state index contributed by atoms with van der Waals surface area (Å²) in [6.07, 6.45) is 9.77. The van der Waals surface area contributed by atoms with Crippen LogP contribution < -0.4 is 5.32 Å². The molecule has 2 nitrogen and oxygen atoms in total. The summed E-state index contributed by atoms with van der Waals surface area (Å²) in [5, 5.41) is 4.88. The first-order valence-corrected chi connectivity index (χ1v) is 8.43. The van der Waals surface area contributed by atoms with E-state index in [9.17, 15) is 0 Å². The highest BCUT2D eigenvalue weighted by Gasteiger charge is 2.13. The van der Waals surface area contributed by atoms with Crippen molar-refractivity contribution >= 4 is 10.9 Å². The lowest BCUT2D eigenvalue weighted by Gasteiger charge is -2.19. The molecule has 0 saturated carbocycles. The van der Waals surface area contributed by atoms with Gasteiger partial charge in [-0.15, -0.1) is 0 Å². The van der Waals surface area contributed by atoms with Gasteiger partial charge < -0.3 is 5.32 Å². The molecule has 0 spiro atoms. The van der Waals surface area contributed by atoms with Gasteiger partial charge in [-0.1, -0.05) is 70.2 Å². The molecule has 0 radical (unpaired) electrons. The van der Waals surface area contributed by atoms with Crippen molar-refractivity contribution in [1.82, 2.24) is 10.3 Å². The highest BCUT2D eigenvalue weighted by Crippen LogP contribution is 2.26. The summed E-state index contributed by atoms with van der Waals surface area (Å²) in [6, 6.07) is 11.1. The Morgan fingerprint density at radius 2 is 1.81 bits per heavy atom. The van der Waals surface area contributed by atoms with Crippen molar-refractivity contribution in [2.75, 3.05) is 6.54 Å². The number of hydrogen-bond acceptors (Lipinski definition) is 2. The molecular formula is C19H28N2. The lowest BCUT2D eigenvalue weighted by molar-refractivity contribution is 0.481. The minimum absolute atomic E-state index is 0.426. The van der Waals surface area contributed by atoms with Crippen LogP contribution >= 0.6 is 0 Å². The van der Waals surface area contributed by atoms with Crippen LogP contribution in [0.1, 0.15) is 64.0 Å². The number of nitrogens with one attached hydrogen (secondary N) is 1. The predicted molar refractivity (Wildman–Crippen MR) is 91.5 cm³/mol. The molecule has 0 aliphatic rings. The predicted octanol–water partition coefficient (Wildman–Crippen LogP) is 5.25. The maximum Gasteiger partial charge on any atom is 0.0749 e. The van der Waals surface area contributed by atoms with Gasteiger partial charge in [0, 0.05) is 17.6 Å². The largest absolute Gasteiger partial charge is 0.310 e. The molecule has 0 fully saturated rings. The SMILES string of the molecule is CCCCCCCC(NCC)c1cccc2cccnc12. The summed E-state index contributed by atoms with van der Waals surface area (Å²) in [5.41, 5.74) is 2.50. The average Bonchev–Trinajstić information content (AvgIpc) is 2.53. The first-order chi connectivity index (χ1) is 10.4. The summed E-state index contributed by atoms with van der Waals surface area (Å²) < 4.78 is 0. The fraction of sp³-hybridized carbons (Fsp3) is 0.526. The molecule has 1 aromatic carbocycles. The van der Waals surface area contributed by atoms with E-state index in [-0.39, 0.29) is 0 Å². The number of nitrogens with zero attached hydrogens (tertiary/aromatic N) is 1. The number of pyridine rings is 1. The van der Waals surface area contributed by atoms with Crippen molar-refractivity contribution in [2.45, 2.75) is 58.4 Å². The highest BCUT2D eigenvalue weighted by atomic mass is 14.9. The molecule has 0 saturated heterocycles. The van der Waals surface area contributed by atoms with Crippen molar-refractivity contribution in [1.29, 1.82) is 0 Å². The second kappa shape index (κ2) is 8.78. The normalized spacial score (nSPS) is 12.7. The van der Waals surface area contributed by atoms with Crippen molar-refractivity contribution in [3.05, 3.63) is 42.1 Å². The van der Waals surface area contributed by atoms with Crippen molar-refractivity contribution in [3.63, 3.8) is 0 Å². The Kier molecular flexibility index (Phi) is 6.68. The Bertz CT molecular complexity index is 531. The molecule has 1 aromatic heterocycles. The topological polar surface area (TPSA) is 24.9 Å². The number of unbranched alkanes of at least 4 members (excludes halogenated alkanes) is 4. The molecule has 0 bridgehead atoms. The standard InChI is InChI=1S/C19H28N2/c1-3-5-6-7-8-14-18(20-4-2)17-13-9-11-16-12-10-15-21-19(16)17/h9-13,15,18,20H,3-8,14H2,1-2H3. The maximum absolute atomic E-state index is 4.60. The summed E-state index contributed by atoms with van der Waals surface area (Å²) in [4.78, 5) is 4.60. The van der Waals surface area contributed by atoms with Crippen LogP contribution in [-0.4, -0.2) is 11.5 Å². The Labute approximate surface area is 129 Å². The second-order valence-electron chi connectivity index (χ2n) is 5.74. The third-order valence-electron chi connectivity index (χ3n) is 4.09. The number of para-hydroxylation sites is 1. The van der Waals surface area contributed by atoms with E-state index >= 15 is 0 Å². The Hall–Kier alpha value is -1.41. The minimum atomic E-state index is 0.426. The first kappa shape index (κ1) is 16.0. The number of fused-ring (bicyclic) bond motifs is 1. The van der Waals surface area contributed by atoms with E-state index in [1.807, 2.05) is 12.3 Å². The van der Waals surface area contributed by atoms with Gasteiger partial charge in [-0.25, -0.2) is 0 Å². The molecule has 2 heteroatoms. The van der Waals surface area contributed by atoms with Gasteiger partial charge in [0.25, 0.3) is 0 Å². The molecule has 2 aromatic rings. The molecule has 21 heavy (non-hydrogen) atoms. The number of aromatic nitrogens is 1. The van der Waals surface area contributed by atoms with Crippen LogP contribution in [-0.2, 0) is 0 Å². The van der Waals surface area contributed by atoms with Crippen LogP contribution in [0.3, 0.4) is 0 Å². The van der Waals surface area contributed by atoms with Gasteiger partial charge in [-0.2, -0.15) is 0 Å². The average molecular weight is 284 g/mol. The fourth-order valence-electron chi connectivity index (χ4n) is 2.97. The molecule has 114 valence electrons. The maximum atomic E-state index is 4.60. The smallest absolute Gasteiger partial charge is 0.0749 e. The van der Waals surface area contributed by atoms with Gasteiger partial charge in [0.1, 0.15) is 0 Å². The van der Waals surface area contributed by atoms with Gasteiger partial charge >= 0.3 is 0 Å². The molecule has 0 aliphatic carbocycles. The fourth-order valence-corrected chi connectivity index (χ4v) is 2.97. The Morgan fingerprint density at radius 1 is 1.00 bits per heavy atom. The Morgan fingerprint density at radius 3 is 2.62 bits per heavy atom. The van der Waals surface area contributed by atoms with E-state index in [4.69, 9.17) is 0 Å². The first-order valence-electron chi connectivity index (χ1n) is 8.43. The van der Waals surface area contributed by atoms with E-state index in [0.29, 0.717) is 6.04 Å². The number of rotatable bonds is 9. The van der Waals surface area contributed by atoms with Crippen molar-refractivity contribution in [3.8, 4) is 0 Å². The van der Waals surface area contributed by atoms with E-state index in [2.05, 4.69) is 48.4 Å². The molecule has 1 heterocycles. The summed E-state index contributed by atoms with van der Waals surface area (Å²) in [5.74, 6) is 0. The third-order valence-corrected chi connectivity index (χ3v) is 4.09. The zero-order valence-corrected chi connectivity index (χ0v) is 13.4. The van der Waals surface area contributed by atoms with Gasteiger partial charge in [-0.05, 0) is 24.6 Å². The van der Waals surface area contributed by atoms with Crippen LogP contribution in [0.4, 0.5) is 0 Å². The summed E-state index contributed by atoms with van der Waals surface area (Å²) >= 11 is 0. The van der Waals surface area contributed by atoms with Crippen LogP contribution in [0.25, 0.3) is 10.9 Å². The van der Waals surface area contributed by atoms with Gasteiger partial charge in [-0.3, -0.25) is 4.98 Å². The van der Waals surface area contributed by atoms with Crippen LogP contribution in [0, 0.1) is 0 Å². The van der Waals surface area contributed by atoms with Crippen molar-refractivity contribution < 1.29 is 0 Å². The minimum Gasteiger partial charge on any atom is -0.310 e. The summed E-state index contributed by atoms with van der Waals surface area (Å²) in [7, 11) is 0. The van der Waals surface area contributed by atoms with Gasteiger partial charge in [0.2, 0.25) is 0 Å². The van der Waals surface area contributed by atoms with Crippen LogP contribution in [0.5, 0.6) is 0 Å². The van der Waals surface area contributed by atoms with E-state index in [1.165, 1.54) is 49.5 Å². The lowest BCUT2D eigenvalue weighted by atomic mass is 9.97. The van der Waals surface area contributed by atoms with Crippen LogP contribution in [0.2, 0.25) is 0 Å². The number of benzene rings is 1. The zero-order valence-electron chi connectivity index (χ0n) is 13.4. The lowest BCUT2D eigenvalue weighted by Crippen LogP contribution is -2.21. The molecule has 1 atom stereocenters. The Balaban J connectivity index is 2.08. The van der Waals surface area contributed by atoms with Crippen LogP contribution in [0.15, 0.2) is 36.5 Å². The van der Waals surface area contributed by atoms with Gasteiger partial charge in [0.05, 0.1) is 5.52 Å². The molecule has 0 aliphatic heterocycles. The third kappa shape index (κ3) is 4.53. The van der Waals surface area contributed by atoms with E-state index in [0.717, 1.165) is 12.1 Å². The monoisotopic (exact) mass is 284 g/mol. The molecule has 2 rings (SSSR count). The molecule has 1 N–H and O–H groups in total.